The van der Waals surface area contributed by atoms with Crippen LogP contribution in [0.4, 0.5) is 0 Å². The van der Waals surface area contributed by atoms with Crippen LogP contribution in [0, 0.1) is 0 Å². The Balaban J connectivity index is 1.82. The molecular formula is C14H18N4O2S. The molecule has 1 aliphatic rings. The zero-order valence-corrected chi connectivity index (χ0v) is 12.5. The van der Waals surface area contributed by atoms with Crippen molar-refractivity contribution in [3.63, 3.8) is 0 Å². The molecule has 0 saturated carbocycles. The fourth-order valence-electron chi connectivity index (χ4n) is 2.57. The molecule has 0 amide bonds. The summed E-state index contributed by atoms with van der Waals surface area (Å²) in [7, 11) is -3.37. The summed E-state index contributed by atoms with van der Waals surface area (Å²) in [5.41, 5.74) is 7.32. The van der Waals surface area contributed by atoms with Crippen LogP contribution in [0.1, 0.15) is 17.0 Å². The van der Waals surface area contributed by atoms with Gasteiger partial charge in [0.15, 0.2) is 0 Å². The number of fused-ring (bicyclic) bond motifs is 1. The highest BCUT2D eigenvalue weighted by atomic mass is 32.2. The molecule has 2 heterocycles. The summed E-state index contributed by atoms with van der Waals surface area (Å²) in [6.45, 7) is 1.81. The summed E-state index contributed by atoms with van der Waals surface area (Å²) in [6, 6.07) is 7.40. The number of aromatic nitrogens is 2. The van der Waals surface area contributed by atoms with Gasteiger partial charge in [0.2, 0.25) is 10.0 Å². The highest BCUT2D eigenvalue weighted by Crippen LogP contribution is 2.19. The van der Waals surface area contributed by atoms with Gasteiger partial charge in [0.25, 0.3) is 0 Å². The molecule has 2 aromatic rings. The third kappa shape index (κ3) is 2.85. The fourth-order valence-corrected chi connectivity index (χ4v) is 4.10. The van der Waals surface area contributed by atoms with E-state index in [9.17, 15) is 8.42 Å². The largest absolute Gasteiger partial charge is 0.333 e. The number of benzene rings is 1. The summed E-state index contributed by atoms with van der Waals surface area (Å²) in [4.78, 5) is 4.20. The second-order valence-electron chi connectivity index (χ2n) is 5.10. The van der Waals surface area contributed by atoms with Crippen LogP contribution >= 0.6 is 0 Å². The van der Waals surface area contributed by atoms with Gasteiger partial charge in [-0.25, -0.2) is 13.4 Å². The van der Waals surface area contributed by atoms with Crippen LogP contribution in [-0.2, 0) is 35.4 Å². The van der Waals surface area contributed by atoms with Crippen LogP contribution in [0.2, 0.25) is 0 Å². The third-order valence-corrected chi connectivity index (χ3v) is 5.55. The standard InChI is InChI=1S/C14H18N4O2S/c15-9-12-3-1-2-4-13(12)11-21(19,20)18-8-7-17-6-5-16-14(17)10-18/h1-6H,7-11,15H2. The van der Waals surface area contributed by atoms with Gasteiger partial charge < -0.3 is 10.3 Å². The van der Waals surface area contributed by atoms with Gasteiger partial charge in [0.1, 0.15) is 5.82 Å². The van der Waals surface area contributed by atoms with Gasteiger partial charge in [-0.3, -0.25) is 0 Å². The molecule has 0 unspecified atom stereocenters. The Bertz CT molecular complexity index is 739. The van der Waals surface area contributed by atoms with Crippen molar-refractivity contribution in [2.75, 3.05) is 6.54 Å². The molecule has 0 fully saturated rings. The first-order chi connectivity index (χ1) is 10.1. The second-order valence-corrected chi connectivity index (χ2v) is 7.07. The third-order valence-electron chi connectivity index (χ3n) is 3.78. The van der Waals surface area contributed by atoms with Crippen molar-refractivity contribution in [1.82, 2.24) is 13.9 Å². The van der Waals surface area contributed by atoms with Crippen LogP contribution in [0.15, 0.2) is 36.7 Å². The molecule has 0 spiro atoms. The second kappa shape index (κ2) is 5.59. The molecule has 21 heavy (non-hydrogen) atoms. The molecule has 0 saturated heterocycles. The quantitative estimate of drug-likeness (QED) is 0.901. The summed E-state index contributed by atoms with van der Waals surface area (Å²) in [5.74, 6) is 0.776. The smallest absolute Gasteiger partial charge is 0.218 e. The monoisotopic (exact) mass is 306 g/mol. The molecule has 1 aromatic carbocycles. The van der Waals surface area contributed by atoms with Crippen LogP contribution in [0.25, 0.3) is 0 Å². The van der Waals surface area contributed by atoms with Crippen LogP contribution < -0.4 is 5.73 Å². The minimum atomic E-state index is -3.37. The minimum absolute atomic E-state index is 0.0128. The topological polar surface area (TPSA) is 81.2 Å². The first-order valence-corrected chi connectivity index (χ1v) is 8.46. The Morgan fingerprint density at radius 3 is 2.71 bits per heavy atom. The number of nitrogens with two attached hydrogens (primary N) is 1. The first-order valence-electron chi connectivity index (χ1n) is 6.85. The predicted molar refractivity (Wildman–Crippen MR) is 79.6 cm³/mol. The Kier molecular flexibility index (Phi) is 3.79. The predicted octanol–water partition coefficient (Wildman–Crippen LogP) is 0.687. The number of nitrogens with zero attached hydrogens (tertiary/aromatic N) is 3. The maximum absolute atomic E-state index is 12.6. The van der Waals surface area contributed by atoms with Gasteiger partial charge in [-0.2, -0.15) is 4.31 Å². The molecular weight excluding hydrogens is 288 g/mol. The lowest BCUT2D eigenvalue weighted by Crippen LogP contribution is -2.39. The lowest BCUT2D eigenvalue weighted by molar-refractivity contribution is 0.335. The average molecular weight is 306 g/mol. The molecule has 1 aromatic heterocycles. The van der Waals surface area contributed by atoms with Gasteiger partial charge >= 0.3 is 0 Å². The Labute approximate surface area is 124 Å². The van der Waals surface area contributed by atoms with Gasteiger partial charge in [-0.05, 0) is 11.1 Å². The van der Waals surface area contributed by atoms with Gasteiger partial charge in [-0.15, -0.1) is 0 Å². The molecule has 7 heteroatoms. The van der Waals surface area contributed by atoms with Gasteiger partial charge in [0.05, 0.1) is 12.3 Å². The normalized spacial score (nSPS) is 15.9. The first kappa shape index (κ1) is 14.2. The van der Waals surface area contributed by atoms with E-state index in [1.54, 1.807) is 6.20 Å². The van der Waals surface area contributed by atoms with Crippen molar-refractivity contribution in [1.29, 1.82) is 0 Å². The van der Waals surface area contributed by atoms with E-state index in [2.05, 4.69) is 4.98 Å². The summed E-state index contributed by atoms with van der Waals surface area (Å²) < 4.78 is 28.7. The van der Waals surface area contributed by atoms with Crippen LogP contribution in [-0.4, -0.2) is 28.8 Å². The van der Waals surface area contributed by atoms with Crippen molar-refractivity contribution in [2.45, 2.75) is 25.4 Å². The Morgan fingerprint density at radius 2 is 1.95 bits per heavy atom. The highest BCUT2D eigenvalue weighted by molar-refractivity contribution is 7.88. The summed E-state index contributed by atoms with van der Waals surface area (Å²) >= 11 is 0. The lowest BCUT2D eigenvalue weighted by Gasteiger charge is -2.27. The molecule has 2 N–H and O–H groups in total. The van der Waals surface area contributed by atoms with E-state index in [1.807, 2.05) is 35.0 Å². The van der Waals surface area contributed by atoms with Crippen LogP contribution in [0.3, 0.4) is 0 Å². The number of hydrogen-bond donors (Lipinski definition) is 1. The van der Waals surface area contributed by atoms with E-state index in [0.29, 0.717) is 26.2 Å². The maximum atomic E-state index is 12.6. The molecule has 0 radical (unpaired) electrons. The van der Waals surface area contributed by atoms with E-state index >= 15 is 0 Å². The Morgan fingerprint density at radius 1 is 1.19 bits per heavy atom. The van der Waals surface area contributed by atoms with Crippen molar-refractivity contribution < 1.29 is 8.42 Å². The van der Waals surface area contributed by atoms with Crippen molar-refractivity contribution >= 4 is 10.0 Å². The summed E-state index contributed by atoms with van der Waals surface area (Å²) in [6.07, 6.45) is 3.58. The number of imidazole rings is 1. The maximum Gasteiger partial charge on any atom is 0.218 e. The average Bonchev–Trinajstić information content (AvgIpc) is 2.95. The molecule has 0 aliphatic carbocycles. The summed E-state index contributed by atoms with van der Waals surface area (Å²) in [5, 5.41) is 0. The molecule has 0 atom stereocenters. The zero-order chi connectivity index (χ0) is 14.9. The number of rotatable bonds is 4. The van der Waals surface area contributed by atoms with E-state index in [0.717, 1.165) is 17.0 Å². The van der Waals surface area contributed by atoms with Gasteiger partial charge in [0, 0.05) is 32.0 Å². The van der Waals surface area contributed by atoms with E-state index in [4.69, 9.17) is 5.73 Å². The van der Waals surface area contributed by atoms with Gasteiger partial charge in [-0.1, -0.05) is 24.3 Å². The fraction of sp³-hybridized carbons (Fsp3) is 0.357. The van der Waals surface area contributed by atoms with Crippen molar-refractivity contribution in [3.05, 3.63) is 53.6 Å². The Hall–Kier alpha value is -1.70. The number of hydrogen-bond acceptors (Lipinski definition) is 4. The number of sulfonamides is 1. The van der Waals surface area contributed by atoms with E-state index < -0.39 is 10.0 Å². The molecule has 6 nitrogen and oxygen atoms in total. The molecule has 3 rings (SSSR count). The molecule has 1 aliphatic heterocycles. The SMILES string of the molecule is NCc1ccccc1CS(=O)(=O)N1CCn2ccnc2C1. The minimum Gasteiger partial charge on any atom is -0.333 e. The molecule has 112 valence electrons. The highest BCUT2D eigenvalue weighted by Gasteiger charge is 2.27. The zero-order valence-electron chi connectivity index (χ0n) is 11.6. The van der Waals surface area contributed by atoms with E-state index in [1.165, 1.54) is 4.31 Å². The van der Waals surface area contributed by atoms with Crippen molar-refractivity contribution in [2.24, 2.45) is 5.73 Å². The van der Waals surface area contributed by atoms with Crippen molar-refractivity contribution in [3.8, 4) is 0 Å². The lowest BCUT2D eigenvalue weighted by atomic mass is 10.1. The molecule has 0 bridgehead atoms. The van der Waals surface area contributed by atoms with E-state index in [-0.39, 0.29) is 5.75 Å². The van der Waals surface area contributed by atoms with Crippen LogP contribution in [0.5, 0.6) is 0 Å².